The highest BCUT2D eigenvalue weighted by Crippen LogP contribution is 2.31. The molecule has 0 fully saturated rings. The van der Waals surface area contributed by atoms with Crippen molar-refractivity contribution in [2.45, 2.75) is 53.0 Å². The summed E-state index contributed by atoms with van der Waals surface area (Å²) in [5.74, 6) is 1.44. The molecule has 0 aliphatic carbocycles. The first-order valence-corrected chi connectivity index (χ1v) is 6.74. The van der Waals surface area contributed by atoms with E-state index in [4.69, 9.17) is 10.5 Å². The summed E-state index contributed by atoms with van der Waals surface area (Å²) in [4.78, 5) is 0. The second-order valence-electron chi connectivity index (χ2n) is 6.50. The first-order chi connectivity index (χ1) is 8.21. The van der Waals surface area contributed by atoms with Crippen LogP contribution in [-0.2, 0) is 5.41 Å². The molecule has 0 saturated carbocycles. The molecule has 0 saturated heterocycles. The predicted molar refractivity (Wildman–Crippen MR) is 78.1 cm³/mol. The third kappa shape index (κ3) is 4.02. The Bertz CT molecular complexity index is 389. The fourth-order valence-corrected chi connectivity index (χ4v) is 1.76. The van der Waals surface area contributed by atoms with Gasteiger partial charge in [0.25, 0.3) is 0 Å². The lowest BCUT2D eigenvalue weighted by Gasteiger charge is -2.23. The van der Waals surface area contributed by atoms with Crippen LogP contribution in [0.5, 0.6) is 5.75 Å². The summed E-state index contributed by atoms with van der Waals surface area (Å²) in [6.07, 6.45) is 0. The summed E-state index contributed by atoms with van der Waals surface area (Å²) in [6, 6.07) is 6.37. The summed E-state index contributed by atoms with van der Waals surface area (Å²) in [5, 5.41) is 0. The van der Waals surface area contributed by atoms with Crippen molar-refractivity contribution in [3.8, 4) is 5.75 Å². The van der Waals surface area contributed by atoms with Crippen LogP contribution in [0.25, 0.3) is 0 Å². The predicted octanol–water partition coefficient (Wildman–Crippen LogP) is 4.04. The number of benzene rings is 1. The molecule has 0 spiro atoms. The Kier molecular flexibility index (Phi) is 4.80. The van der Waals surface area contributed by atoms with Gasteiger partial charge in [0.15, 0.2) is 0 Å². The molecule has 0 aliphatic heterocycles. The number of rotatable bonds is 4. The van der Waals surface area contributed by atoms with Crippen molar-refractivity contribution in [2.24, 2.45) is 11.7 Å². The monoisotopic (exact) mass is 249 g/mol. The molecule has 0 aromatic heterocycles. The molecule has 1 aromatic rings. The molecule has 1 aromatic carbocycles. The van der Waals surface area contributed by atoms with Crippen LogP contribution in [0.2, 0.25) is 0 Å². The van der Waals surface area contributed by atoms with E-state index in [0.29, 0.717) is 5.92 Å². The lowest BCUT2D eigenvalue weighted by atomic mass is 9.85. The van der Waals surface area contributed by atoms with Crippen LogP contribution in [0, 0.1) is 5.92 Å². The third-order valence-electron chi connectivity index (χ3n) is 2.94. The van der Waals surface area contributed by atoms with Crippen LogP contribution in [0.15, 0.2) is 18.2 Å². The van der Waals surface area contributed by atoms with E-state index < -0.39 is 0 Å². The molecule has 0 aliphatic rings. The van der Waals surface area contributed by atoms with Gasteiger partial charge in [-0.05, 0) is 29.9 Å². The van der Waals surface area contributed by atoms with E-state index in [1.54, 1.807) is 0 Å². The van der Waals surface area contributed by atoms with Crippen molar-refractivity contribution in [3.63, 3.8) is 0 Å². The summed E-state index contributed by atoms with van der Waals surface area (Å²) in [5.41, 5.74) is 8.59. The van der Waals surface area contributed by atoms with E-state index in [9.17, 15) is 0 Å². The number of ether oxygens (including phenoxy) is 1. The lowest BCUT2D eigenvalue weighted by Crippen LogP contribution is -2.15. The minimum Gasteiger partial charge on any atom is -0.493 e. The van der Waals surface area contributed by atoms with E-state index in [0.717, 1.165) is 17.9 Å². The average Bonchev–Trinajstić information content (AvgIpc) is 2.24. The van der Waals surface area contributed by atoms with E-state index in [1.165, 1.54) is 5.56 Å². The topological polar surface area (TPSA) is 35.2 Å². The highest BCUT2D eigenvalue weighted by molar-refractivity contribution is 5.41. The van der Waals surface area contributed by atoms with Crippen molar-refractivity contribution < 1.29 is 4.74 Å². The van der Waals surface area contributed by atoms with Gasteiger partial charge in [-0.1, -0.05) is 46.8 Å². The van der Waals surface area contributed by atoms with Crippen LogP contribution in [0.4, 0.5) is 0 Å². The quantitative estimate of drug-likeness (QED) is 0.874. The zero-order valence-electron chi connectivity index (χ0n) is 12.6. The second kappa shape index (κ2) is 5.75. The molecular formula is C16H27NO. The molecule has 0 heterocycles. The van der Waals surface area contributed by atoms with Gasteiger partial charge < -0.3 is 10.5 Å². The maximum absolute atomic E-state index is 6.05. The van der Waals surface area contributed by atoms with Crippen LogP contribution >= 0.6 is 0 Å². The molecule has 2 N–H and O–H groups in total. The summed E-state index contributed by atoms with van der Waals surface area (Å²) in [7, 11) is 0. The van der Waals surface area contributed by atoms with Gasteiger partial charge in [-0.15, -0.1) is 0 Å². The smallest absolute Gasteiger partial charge is 0.124 e. The Labute approximate surface area is 112 Å². The maximum atomic E-state index is 6.05. The normalized spacial score (nSPS) is 13.8. The Morgan fingerprint density at radius 3 is 2.22 bits per heavy atom. The first kappa shape index (κ1) is 15.0. The number of hydrogen-bond acceptors (Lipinski definition) is 2. The molecule has 102 valence electrons. The Hall–Kier alpha value is -1.02. The van der Waals surface area contributed by atoms with Gasteiger partial charge in [0, 0.05) is 11.6 Å². The highest BCUT2D eigenvalue weighted by Gasteiger charge is 2.17. The van der Waals surface area contributed by atoms with Gasteiger partial charge in [0.2, 0.25) is 0 Å². The van der Waals surface area contributed by atoms with Crippen LogP contribution in [0.3, 0.4) is 0 Å². The highest BCUT2D eigenvalue weighted by atomic mass is 16.5. The van der Waals surface area contributed by atoms with Crippen LogP contribution in [-0.4, -0.2) is 6.61 Å². The molecule has 0 amide bonds. The fraction of sp³-hybridized carbons (Fsp3) is 0.625. The van der Waals surface area contributed by atoms with Crippen molar-refractivity contribution >= 4 is 0 Å². The average molecular weight is 249 g/mol. The standard InChI is InChI=1S/C16H27NO/c1-11(2)10-18-15-8-7-13(16(4,5)6)9-14(15)12(3)17/h7-9,11-12H,10,17H2,1-6H3. The molecule has 2 heteroatoms. The van der Waals surface area contributed by atoms with Crippen molar-refractivity contribution in [1.29, 1.82) is 0 Å². The van der Waals surface area contributed by atoms with Gasteiger partial charge in [-0.3, -0.25) is 0 Å². The number of hydrogen-bond donors (Lipinski definition) is 1. The van der Waals surface area contributed by atoms with Crippen molar-refractivity contribution in [3.05, 3.63) is 29.3 Å². The molecule has 0 radical (unpaired) electrons. The minimum absolute atomic E-state index is 0.00513. The Morgan fingerprint density at radius 1 is 1.17 bits per heavy atom. The second-order valence-corrected chi connectivity index (χ2v) is 6.50. The van der Waals surface area contributed by atoms with Gasteiger partial charge in [-0.2, -0.15) is 0 Å². The first-order valence-electron chi connectivity index (χ1n) is 6.74. The summed E-state index contributed by atoms with van der Waals surface area (Å²) in [6.45, 7) is 13.7. The van der Waals surface area contributed by atoms with Crippen molar-refractivity contribution in [2.75, 3.05) is 6.61 Å². The molecule has 1 rings (SSSR count). The molecule has 2 nitrogen and oxygen atoms in total. The third-order valence-corrected chi connectivity index (χ3v) is 2.94. The molecule has 0 bridgehead atoms. The van der Waals surface area contributed by atoms with E-state index in [1.807, 2.05) is 6.92 Å². The van der Waals surface area contributed by atoms with Gasteiger partial charge in [0.05, 0.1) is 6.61 Å². The number of nitrogens with two attached hydrogens (primary N) is 1. The summed E-state index contributed by atoms with van der Waals surface area (Å²) >= 11 is 0. The zero-order chi connectivity index (χ0) is 13.9. The summed E-state index contributed by atoms with van der Waals surface area (Å²) < 4.78 is 5.85. The minimum atomic E-state index is -0.00513. The van der Waals surface area contributed by atoms with Crippen molar-refractivity contribution in [1.82, 2.24) is 0 Å². The fourth-order valence-electron chi connectivity index (χ4n) is 1.76. The molecule has 1 atom stereocenters. The largest absolute Gasteiger partial charge is 0.493 e. The SMILES string of the molecule is CC(C)COc1ccc(C(C)(C)C)cc1C(C)N. The van der Waals surface area contributed by atoms with Crippen LogP contribution < -0.4 is 10.5 Å². The Balaban J connectivity index is 3.05. The maximum Gasteiger partial charge on any atom is 0.124 e. The van der Waals surface area contributed by atoms with E-state index in [2.05, 4.69) is 52.8 Å². The molecule has 1 unspecified atom stereocenters. The molecule has 18 heavy (non-hydrogen) atoms. The van der Waals surface area contributed by atoms with Gasteiger partial charge in [0.1, 0.15) is 5.75 Å². The lowest BCUT2D eigenvalue weighted by molar-refractivity contribution is 0.267. The van der Waals surface area contributed by atoms with E-state index in [-0.39, 0.29) is 11.5 Å². The van der Waals surface area contributed by atoms with Crippen LogP contribution in [0.1, 0.15) is 58.7 Å². The molecular weight excluding hydrogens is 222 g/mol. The van der Waals surface area contributed by atoms with Gasteiger partial charge >= 0.3 is 0 Å². The Morgan fingerprint density at radius 2 is 1.78 bits per heavy atom. The van der Waals surface area contributed by atoms with E-state index >= 15 is 0 Å². The van der Waals surface area contributed by atoms with Gasteiger partial charge in [-0.25, -0.2) is 0 Å². The zero-order valence-corrected chi connectivity index (χ0v) is 12.6.